The molecule has 0 saturated heterocycles. The second-order valence-electron chi connectivity index (χ2n) is 11.7. The number of allylic oxidation sites excluding steroid dienone is 12. The second-order valence-corrected chi connectivity index (χ2v) is 11.7. The molecule has 0 aliphatic carbocycles. The zero-order valence-electron chi connectivity index (χ0n) is 25.4. The molecule has 0 atom stereocenters. The molecule has 0 aliphatic rings. The van der Waals surface area contributed by atoms with Crippen LogP contribution in [0, 0.1) is 5.41 Å². The predicted octanol–water partition coefficient (Wildman–Crippen LogP) is 10.4. The third-order valence-electron chi connectivity index (χ3n) is 6.86. The number of rotatable bonds is 15. The lowest BCUT2D eigenvalue weighted by Crippen LogP contribution is -2.20. The minimum absolute atomic E-state index is 0.116. The van der Waals surface area contributed by atoms with Crippen molar-refractivity contribution in [3.8, 4) is 0 Å². The molecule has 0 unspecified atom stereocenters. The van der Waals surface area contributed by atoms with Crippen LogP contribution in [0.3, 0.4) is 0 Å². The highest BCUT2D eigenvalue weighted by Gasteiger charge is 2.23. The quantitative estimate of drug-likeness (QED) is 0.0981. The van der Waals surface area contributed by atoms with Gasteiger partial charge >= 0.3 is 0 Å². The molecule has 202 valence electrons. The summed E-state index contributed by atoms with van der Waals surface area (Å²) in [5, 5.41) is 0. The van der Waals surface area contributed by atoms with Crippen molar-refractivity contribution in [1.82, 2.24) is 0 Å². The van der Waals surface area contributed by atoms with Gasteiger partial charge in [0.1, 0.15) is 0 Å². The maximum atomic E-state index is 12.6. The van der Waals surface area contributed by atoms with Gasteiger partial charge in [0.15, 0.2) is 0 Å². The van der Waals surface area contributed by atoms with E-state index < -0.39 is 0 Å². The van der Waals surface area contributed by atoms with Gasteiger partial charge in [-0.1, -0.05) is 79.0 Å². The number of Topliss-reactive ketones (excluding diaryl/α,β-unsaturated/α-hetero) is 2. The highest BCUT2D eigenvalue weighted by atomic mass is 16.2. The van der Waals surface area contributed by atoms with E-state index >= 15 is 0 Å². The molecule has 0 spiro atoms. The Morgan fingerprint density at radius 3 is 1.33 bits per heavy atom. The van der Waals surface area contributed by atoms with Gasteiger partial charge in [-0.3, -0.25) is 9.59 Å². The van der Waals surface area contributed by atoms with Crippen LogP contribution in [0.2, 0.25) is 0 Å². The maximum Gasteiger partial charge on any atom is 0.228 e. The molecule has 0 bridgehead atoms. The lowest BCUT2D eigenvalue weighted by molar-refractivity contribution is -0.132. The van der Waals surface area contributed by atoms with Crippen molar-refractivity contribution in [2.45, 2.75) is 128 Å². The fourth-order valence-electron chi connectivity index (χ4n) is 3.79. The minimum atomic E-state index is -0.378. The number of carbonyl (C=O) groups is 2. The summed E-state index contributed by atoms with van der Waals surface area (Å²) >= 11 is 0. The Kier molecular flexibility index (Phi) is 16.2. The number of carbonyl (C=O) groups excluding carboxylic acids is 2. The lowest BCUT2D eigenvalue weighted by atomic mass is 9.83. The fourth-order valence-corrected chi connectivity index (χ4v) is 3.79. The maximum absolute atomic E-state index is 12.6. The molecule has 0 amide bonds. The van der Waals surface area contributed by atoms with Gasteiger partial charge < -0.3 is 0 Å². The Morgan fingerprint density at radius 1 is 0.528 bits per heavy atom. The molecule has 0 heterocycles. The zero-order valence-corrected chi connectivity index (χ0v) is 25.4. The van der Waals surface area contributed by atoms with Crippen molar-refractivity contribution in [2.75, 3.05) is 0 Å². The van der Waals surface area contributed by atoms with Crippen molar-refractivity contribution in [3.63, 3.8) is 0 Å². The average Bonchev–Trinajstić information content (AvgIpc) is 2.78. The van der Waals surface area contributed by atoms with Gasteiger partial charge in [0.25, 0.3) is 0 Å². The molecule has 0 aliphatic heterocycles. The molecule has 0 rings (SSSR count). The summed E-state index contributed by atoms with van der Waals surface area (Å²) in [6.07, 6.45) is 19.6. The Balaban J connectivity index is 4.53. The number of hydrogen-bond donors (Lipinski definition) is 0. The summed E-state index contributed by atoms with van der Waals surface area (Å²) in [5.41, 5.74) is 7.65. The molecule has 0 N–H and O–H groups in total. The first-order valence-corrected chi connectivity index (χ1v) is 13.7. The number of unbranched alkanes of at least 4 members (excludes halogenated alkanes) is 1. The molecule has 0 aromatic rings. The molecule has 0 aromatic heterocycles. The van der Waals surface area contributed by atoms with Gasteiger partial charge in [-0.15, -0.1) is 0 Å². The van der Waals surface area contributed by atoms with Crippen LogP contribution in [0.15, 0.2) is 69.4 Å². The van der Waals surface area contributed by atoms with E-state index in [2.05, 4.69) is 79.7 Å². The van der Waals surface area contributed by atoms with E-state index in [-0.39, 0.29) is 17.0 Å². The van der Waals surface area contributed by atoms with E-state index in [9.17, 15) is 9.59 Å². The summed E-state index contributed by atoms with van der Waals surface area (Å²) in [6, 6.07) is 0. The normalized spacial score (nSPS) is 14.5. The molecule has 0 aromatic carbocycles. The Morgan fingerprint density at radius 2 is 0.917 bits per heavy atom. The average molecular weight is 495 g/mol. The highest BCUT2D eigenvalue weighted by molar-refractivity contribution is 6.48. The summed E-state index contributed by atoms with van der Waals surface area (Å²) in [4.78, 5) is 25.2. The Labute approximate surface area is 223 Å². The molecule has 2 nitrogen and oxygen atoms in total. The SMILES string of the molecule is CC(C)=CCC/C(C)=C/CC/C(C)=C/CC/C=C(\C)CC/C=C(\C)C(=O)C(=O)/C(C)=C(/C)C(C)(C)C. The van der Waals surface area contributed by atoms with Crippen molar-refractivity contribution in [2.24, 2.45) is 5.41 Å². The van der Waals surface area contributed by atoms with Crippen LogP contribution >= 0.6 is 0 Å². The van der Waals surface area contributed by atoms with Crippen molar-refractivity contribution >= 4 is 11.6 Å². The summed E-state index contributed by atoms with van der Waals surface area (Å²) in [7, 11) is 0. The van der Waals surface area contributed by atoms with E-state index in [0.717, 1.165) is 56.9 Å². The number of hydrogen-bond acceptors (Lipinski definition) is 2. The van der Waals surface area contributed by atoms with Crippen LogP contribution in [-0.2, 0) is 9.59 Å². The first-order chi connectivity index (χ1) is 16.7. The predicted molar refractivity (Wildman–Crippen MR) is 159 cm³/mol. The van der Waals surface area contributed by atoms with Gasteiger partial charge in [0, 0.05) is 0 Å². The Hall–Kier alpha value is -2.22. The van der Waals surface area contributed by atoms with Crippen LogP contribution in [0.25, 0.3) is 0 Å². The van der Waals surface area contributed by atoms with E-state index in [0.29, 0.717) is 11.1 Å². The highest BCUT2D eigenvalue weighted by Crippen LogP contribution is 2.28. The minimum Gasteiger partial charge on any atom is -0.285 e. The van der Waals surface area contributed by atoms with Crippen LogP contribution in [0.1, 0.15) is 128 Å². The van der Waals surface area contributed by atoms with Crippen LogP contribution in [0.5, 0.6) is 0 Å². The third kappa shape index (κ3) is 15.0. The van der Waals surface area contributed by atoms with Gasteiger partial charge in [0.05, 0.1) is 0 Å². The smallest absolute Gasteiger partial charge is 0.228 e. The van der Waals surface area contributed by atoms with E-state index in [1.165, 1.54) is 22.3 Å². The van der Waals surface area contributed by atoms with Gasteiger partial charge in [0.2, 0.25) is 11.6 Å². The zero-order chi connectivity index (χ0) is 27.9. The molecule has 0 radical (unpaired) electrons. The number of ketones is 2. The molecular weight excluding hydrogens is 440 g/mol. The summed E-state index contributed by atoms with van der Waals surface area (Å²) in [5.74, 6) is -0.753. The molecular formula is C34H54O2. The van der Waals surface area contributed by atoms with Crippen molar-refractivity contribution < 1.29 is 9.59 Å². The van der Waals surface area contributed by atoms with Crippen molar-refractivity contribution in [1.29, 1.82) is 0 Å². The largest absolute Gasteiger partial charge is 0.285 e. The lowest BCUT2D eigenvalue weighted by Gasteiger charge is -2.21. The second kappa shape index (κ2) is 17.3. The molecule has 36 heavy (non-hydrogen) atoms. The van der Waals surface area contributed by atoms with Crippen molar-refractivity contribution in [3.05, 3.63) is 69.4 Å². The van der Waals surface area contributed by atoms with E-state index in [1.807, 2.05) is 13.0 Å². The first-order valence-electron chi connectivity index (χ1n) is 13.7. The first kappa shape index (κ1) is 33.8. The van der Waals surface area contributed by atoms with Crippen LogP contribution < -0.4 is 0 Å². The molecule has 2 heteroatoms. The van der Waals surface area contributed by atoms with Gasteiger partial charge in [-0.25, -0.2) is 0 Å². The van der Waals surface area contributed by atoms with E-state index in [1.54, 1.807) is 13.8 Å². The van der Waals surface area contributed by atoms with Gasteiger partial charge in [-0.2, -0.15) is 0 Å². The van der Waals surface area contributed by atoms with Gasteiger partial charge in [-0.05, 0) is 123 Å². The Bertz CT molecular complexity index is 917. The molecule has 0 fully saturated rings. The summed E-state index contributed by atoms with van der Waals surface area (Å²) < 4.78 is 0. The standard InChI is InChI=1S/C34H54O2/c1-25(2)17-14-20-28(5)22-15-21-26(3)18-12-13-19-27(4)23-16-24-29(6)32(35)33(36)30(7)31(8)34(9,10)11/h17-19,22,24H,12-16,20-21,23H2,1-11H3/b26-18+,27-19+,28-22+,29-24+,31-30-. The third-order valence-corrected chi connectivity index (χ3v) is 6.86. The fraction of sp³-hybridized carbons (Fsp3) is 0.588. The van der Waals surface area contributed by atoms with Crippen LogP contribution in [0.4, 0.5) is 0 Å². The topological polar surface area (TPSA) is 34.1 Å². The van der Waals surface area contributed by atoms with E-state index in [4.69, 9.17) is 0 Å². The monoisotopic (exact) mass is 494 g/mol. The van der Waals surface area contributed by atoms with Crippen LogP contribution in [-0.4, -0.2) is 11.6 Å². The molecule has 0 saturated carbocycles. The summed E-state index contributed by atoms with van der Waals surface area (Å²) in [6.45, 7) is 22.6.